The molecule has 3 N–H and O–H groups in total. The van der Waals surface area contributed by atoms with Crippen molar-refractivity contribution in [1.82, 2.24) is 10.6 Å². The fourth-order valence-corrected chi connectivity index (χ4v) is 0.446. The molecule has 0 spiro atoms. The fraction of sp³-hybridized carbons (Fsp3) is 0.400. The quantitative estimate of drug-likeness (QED) is 0.327. The van der Waals surface area contributed by atoms with Gasteiger partial charge in [0.25, 0.3) is 0 Å². The Kier molecular flexibility index (Phi) is 14.0. The molecule has 2 amide bonds. The lowest BCUT2D eigenvalue weighted by Gasteiger charge is -1.99. The van der Waals surface area contributed by atoms with Crippen LogP contribution in [0.25, 0.3) is 0 Å². The van der Waals surface area contributed by atoms with Gasteiger partial charge in [0.1, 0.15) is 13.5 Å². The number of aliphatic hydroxyl groups is 1. The molecule has 0 saturated heterocycles. The molecule has 92 valence electrons. The normalized spacial score (nSPS) is 8.12. The number of ether oxygens (including phenoxy) is 1. The average molecular weight is 230 g/mol. The molecular weight excluding hydrogens is 212 g/mol. The van der Waals surface area contributed by atoms with Gasteiger partial charge in [-0.15, -0.1) is 0 Å². The van der Waals surface area contributed by atoms with Crippen LogP contribution < -0.4 is 10.6 Å². The first kappa shape index (κ1) is 16.8. The minimum absolute atomic E-state index is 0.205. The van der Waals surface area contributed by atoms with Gasteiger partial charge in [0.15, 0.2) is 0 Å². The topological polar surface area (TPSA) is 87.7 Å². The summed E-state index contributed by atoms with van der Waals surface area (Å²) in [5.41, 5.74) is 0. The van der Waals surface area contributed by atoms with Gasteiger partial charge >= 0.3 is 0 Å². The summed E-state index contributed by atoms with van der Waals surface area (Å²) in [6, 6.07) is 0. The summed E-state index contributed by atoms with van der Waals surface area (Å²) in [7, 11) is 0. The maximum absolute atomic E-state index is 10.4. The van der Waals surface area contributed by atoms with Gasteiger partial charge in [-0.1, -0.05) is 13.2 Å². The maximum atomic E-state index is 10.4. The van der Waals surface area contributed by atoms with Crippen molar-refractivity contribution < 1.29 is 19.4 Å². The van der Waals surface area contributed by atoms with Gasteiger partial charge in [0.05, 0.1) is 0 Å². The molecule has 16 heavy (non-hydrogen) atoms. The first-order valence-corrected chi connectivity index (χ1v) is 4.61. The highest BCUT2D eigenvalue weighted by atomic mass is 16.5. The minimum Gasteiger partial charge on any atom is -0.376 e. The van der Waals surface area contributed by atoms with E-state index in [9.17, 15) is 9.59 Å². The summed E-state index contributed by atoms with van der Waals surface area (Å²) in [4.78, 5) is 20.4. The molecule has 0 aromatic carbocycles. The molecule has 0 heterocycles. The SMILES string of the molecule is C=CC(=O)NCO.C=CC(=O)NCOCC. The summed E-state index contributed by atoms with van der Waals surface area (Å²) in [5, 5.41) is 12.5. The molecule has 0 unspecified atom stereocenters. The van der Waals surface area contributed by atoms with Gasteiger partial charge in [0.2, 0.25) is 11.8 Å². The lowest BCUT2D eigenvalue weighted by atomic mass is 10.6. The highest BCUT2D eigenvalue weighted by Gasteiger charge is 1.88. The number of hydrogen-bond acceptors (Lipinski definition) is 4. The van der Waals surface area contributed by atoms with E-state index in [1.807, 2.05) is 6.92 Å². The molecule has 0 bridgehead atoms. The van der Waals surface area contributed by atoms with E-state index in [0.717, 1.165) is 6.08 Å². The molecule has 0 atom stereocenters. The number of aliphatic hydroxyl groups excluding tert-OH is 1. The van der Waals surface area contributed by atoms with Crippen LogP contribution in [0.1, 0.15) is 6.92 Å². The smallest absolute Gasteiger partial charge is 0.245 e. The first-order valence-electron chi connectivity index (χ1n) is 4.61. The van der Waals surface area contributed by atoms with E-state index >= 15 is 0 Å². The van der Waals surface area contributed by atoms with Gasteiger partial charge in [0, 0.05) is 6.61 Å². The lowest BCUT2D eigenvalue weighted by Crippen LogP contribution is -2.23. The zero-order valence-electron chi connectivity index (χ0n) is 9.36. The molecule has 6 nitrogen and oxygen atoms in total. The number of hydrogen-bond donors (Lipinski definition) is 3. The Morgan fingerprint density at radius 1 is 1.25 bits per heavy atom. The van der Waals surface area contributed by atoms with Crippen LogP contribution in [0.2, 0.25) is 0 Å². The molecular formula is C10H18N2O4. The zero-order chi connectivity index (χ0) is 12.8. The molecule has 0 aliphatic rings. The second-order valence-corrected chi connectivity index (χ2v) is 2.29. The third kappa shape index (κ3) is 14.8. The molecule has 0 rings (SSSR count). The highest BCUT2D eigenvalue weighted by Crippen LogP contribution is 1.69. The monoisotopic (exact) mass is 230 g/mol. The predicted molar refractivity (Wildman–Crippen MR) is 60.3 cm³/mol. The number of amides is 2. The minimum atomic E-state index is -0.359. The molecule has 0 fully saturated rings. The second-order valence-electron chi connectivity index (χ2n) is 2.29. The summed E-state index contributed by atoms with van der Waals surface area (Å²) >= 11 is 0. The van der Waals surface area contributed by atoms with Crippen LogP contribution in [0.4, 0.5) is 0 Å². The largest absolute Gasteiger partial charge is 0.376 e. The van der Waals surface area contributed by atoms with Crippen LogP contribution in [0.5, 0.6) is 0 Å². The van der Waals surface area contributed by atoms with E-state index in [4.69, 9.17) is 9.84 Å². The molecule has 0 aliphatic heterocycles. The third-order valence-corrected chi connectivity index (χ3v) is 1.18. The van der Waals surface area contributed by atoms with Crippen molar-refractivity contribution in [3.8, 4) is 0 Å². The number of nitrogens with one attached hydrogen (secondary N) is 2. The summed E-state index contributed by atoms with van der Waals surface area (Å²) in [5.74, 6) is -0.564. The zero-order valence-corrected chi connectivity index (χ0v) is 9.36. The Morgan fingerprint density at radius 2 is 1.75 bits per heavy atom. The molecule has 0 aromatic rings. The summed E-state index contributed by atoms with van der Waals surface area (Å²) in [6.45, 7) is 8.83. The van der Waals surface area contributed by atoms with E-state index in [2.05, 4.69) is 23.8 Å². The lowest BCUT2D eigenvalue weighted by molar-refractivity contribution is -0.118. The first-order chi connectivity index (χ1) is 7.62. The molecule has 6 heteroatoms. The predicted octanol–water partition coefficient (Wildman–Crippen LogP) is -0.479. The Hall–Kier alpha value is -1.66. The van der Waals surface area contributed by atoms with Gasteiger partial charge < -0.3 is 20.5 Å². The van der Waals surface area contributed by atoms with Crippen molar-refractivity contribution in [1.29, 1.82) is 0 Å². The van der Waals surface area contributed by atoms with Crippen LogP contribution >= 0.6 is 0 Å². The van der Waals surface area contributed by atoms with Crippen molar-refractivity contribution in [2.24, 2.45) is 0 Å². The summed E-state index contributed by atoms with van der Waals surface area (Å²) in [6.07, 6.45) is 2.30. The Morgan fingerprint density at radius 3 is 2.06 bits per heavy atom. The van der Waals surface area contributed by atoms with E-state index in [1.165, 1.54) is 6.08 Å². The van der Waals surface area contributed by atoms with Gasteiger partial charge in [-0.3, -0.25) is 9.59 Å². The Balaban J connectivity index is 0. The van der Waals surface area contributed by atoms with E-state index in [1.54, 1.807) is 0 Å². The van der Waals surface area contributed by atoms with Gasteiger partial charge in [-0.2, -0.15) is 0 Å². The number of carbonyl (C=O) groups excluding carboxylic acids is 2. The van der Waals surface area contributed by atoms with Crippen molar-refractivity contribution in [3.63, 3.8) is 0 Å². The van der Waals surface area contributed by atoms with Crippen molar-refractivity contribution in [2.45, 2.75) is 6.92 Å². The van der Waals surface area contributed by atoms with Crippen molar-refractivity contribution in [3.05, 3.63) is 25.3 Å². The van der Waals surface area contributed by atoms with Crippen molar-refractivity contribution in [2.75, 3.05) is 20.1 Å². The summed E-state index contributed by atoms with van der Waals surface area (Å²) < 4.78 is 4.83. The molecule has 0 saturated carbocycles. The van der Waals surface area contributed by atoms with Gasteiger partial charge in [-0.25, -0.2) is 0 Å². The Labute approximate surface area is 95.0 Å². The number of carbonyl (C=O) groups is 2. The van der Waals surface area contributed by atoms with Crippen LogP contribution in [0.3, 0.4) is 0 Å². The molecule has 0 aliphatic carbocycles. The molecule has 0 aromatic heterocycles. The van der Waals surface area contributed by atoms with Crippen LogP contribution in [-0.4, -0.2) is 37.0 Å². The Bertz CT molecular complexity index is 229. The van der Waals surface area contributed by atoms with Crippen LogP contribution in [-0.2, 0) is 14.3 Å². The van der Waals surface area contributed by atoms with E-state index in [0.29, 0.717) is 6.61 Å². The van der Waals surface area contributed by atoms with Crippen LogP contribution in [0, 0.1) is 0 Å². The fourth-order valence-electron chi connectivity index (χ4n) is 0.446. The van der Waals surface area contributed by atoms with E-state index < -0.39 is 0 Å². The van der Waals surface area contributed by atoms with Gasteiger partial charge in [-0.05, 0) is 19.1 Å². The van der Waals surface area contributed by atoms with E-state index in [-0.39, 0.29) is 25.3 Å². The maximum Gasteiger partial charge on any atom is 0.245 e. The standard InChI is InChI=1S/C6H11NO2.C4H7NO2/c1-3-6(8)7-5-9-4-2;1-2-4(7)5-3-6/h3H,1,4-5H2,2H3,(H,7,8);2,6H,1,3H2,(H,5,7). The second kappa shape index (κ2) is 13.3. The number of rotatable bonds is 6. The highest BCUT2D eigenvalue weighted by molar-refractivity contribution is 5.86. The third-order valence-electron chi connectivity index (χ3n) is 1.18. The average Bonchev–Trinajstić information content (AvgIpc) is 2.30. The van der Waals surface area contributed by atoms with Crippen LogP contribution in [0.15, 0.2) is 25.3 Å². The molecule has 0 radical (unpaired) electrons. The van der Waals surface area contributed by atoms with Crippen molar-refractivity contribution >= 4 is 11.8 Å².